The largest absolute Gasteiger partial charge is 0.484 e. The number of hydrogen-bond acceptors (Lipinski definition) is 5. The normalized spacial score (nSPS) is 10.3. The Hall–Kier alpha value is -3.09. The Labute approximate surface area is 158 Å². The summed E-state index contributed by atoms with van der Waals surface area (Å²) in [6.07, 6.45) is 1.08. The van der Waals surface area contributed by atoms with Crippen molar-refractivity contribution in [3.8, 4) is 5.75 Å². The number of aromatic nitrogens is 1. The second kappa shape index (κ2) is 9.56. The van der Waals surface area contributed by atoms with Crippen LogP contribution in [-0.4, -0.2) is 30.1 Å². The Balaban J connectivity index is 1.67. The van der Waals surface area contributed by atoms with E-state index in [2.05, 4.69) is 22.4 Å². The van der Waals surface area contributed by atoms with Gasteiger partial charge in [0.15, 0.2) is 12.3 Å². The van der Waals surface area contributed by atoms with Gasteiger partial charge in [0, 0.05) is 31.1 Å². The molecule has 27 heavy (non-hydrogen) atoms. The van der Waals surface area contributed by atoms with Crippen molar-refractivity contribution in [3.05, 3.63) is 59.1 Å². The van der Waals surface area contributed by atoms with Crippen LogP contribution in [0.25, 0.3) is 0 Å². The van der Waals surface area contributed by atoms with E-state index in [1.165, 1.54) is 5.56 Å². The van der Waals surface area contributed by atoms with Gasteiger partial charge in [-0.15, -0.1) is 0 Å². The molecule has 2 rings (SSSR count). The van der Waals surface area contributed by atoms with Gasteiger partial charge < -0.3 is 19.9 Å². The number of amides is 2. The SMILES string of the molecule is C=C(CCNC(=O)c1cc(CC)on1)NC(=O)COc1ccc(C)c(C)c1. The molecule has 0 unspecified atom stereocenters. The molecule has 0 saturated heterocycles. The van der Waals surface area contributed by atoms with E-state index in [0.29, 0.717) is 36.6 Å². The van der Waals surface area contributed by atoms with Gasteiger partial charge in [0.25, 0.3) is 11.8 Å². The molecule has 0 aliphatic carbocycles. The molecule has 1 aromatic carbocycles. The van der Waals surface area contributed by atoms with Crippen molar-refractivity contribution in [2.24, 2.45) is 0 Å². The van der Waals surface area contributed by atoms with Gasteiger partial charge in [-0.25, -0.2) is 0 Å². The van der Waals surface area contributed by atoms with Crippen molar-refractivity contribution in [1.29, 1.82) is 0 Å². The minimum absolute atomic E-state index is 0.105. The average molecular weight is 371 g/mol. The van der Waals surface area contributed by atoms with E-state index in [9.17, 15) is 9.59 Å². The van der Waals surface area contributed by atoms with Crippen LogP contribution in [0.3, 0.4) is 0 Å². The molecule has 2 amide bonds. The number of ether oxygens (including phenoxy) is 1. The predicted molar refractivity (Wildman–Crippen MR) is 102 cm³/mol. The van der Waals surface area contributed by atoms with Crippen molar-refractivity contribution in [1.82, 2.24) is 15.8 Å². The van der Waals surface area contributed by atoms with Gasteiger partial charge in [0.2, 0.25) is 0 Å². The molecule has 0 aliphatic heterocycles. The van der Waals surface area contributed by atoms with E-state index in [-0.39, 0.29) is 24.1 Å². The maximum Gasteiger partial charge on any atom is 0.273 e. The molecule has 144 valence electrons. The Morgan fingerprint density at radius 1 is 1.22 bits per heavy atom. The highest BCUT2D eigenvalue weighted by molar-refractivity contribution is 5.92. The summed E-state index contributed by atoms with van der Waals surface area (Å²) in [7, 11) is 0. The minimum atomic E-state index is -0.323. The highest BCUT2D eigenvalue weighted by Crippen LogP contribution is 2.16. The molecule has 7 heteroatoms. The van der Waals surface area contributed by atoms with Gasteiger partial charge in [0.1, 0.15) is 11.5 Å². The topological polar surface area (TPSA) is 93.5 Å². The highest BCUT2D eigenvalue weighted by Gasteiger charge is 2.11. The lowest BCUT2D eigenvalue weighted by Crippen LogP contribution is -2.31. The van der Waals surface area contributed by atoms with Gasteiger partial charge in [-0.1, -0.05) is 24.7 Å². The van der Waals surface area contributed by atoms with Gasteiger partial charge in [0.05, 0.1) is 0 Å². The number of hydrogen-bond donors (Lipinski definition) is 2. The maximum absolute atomic E-state index is 11.9. The Kier molecular flexibility index (Phi) is 7.16. The van der Waals surface area contributed by atoms with Gasteiger partial charge >= 0.3 is 0 Å². The molecule has 7 nitrogen and oxygen atoms in total. The molecule has 1 heterocycles. The zero-order valence-corrected chi connectivity index (χ0v) is 15.9. The molecular formula is C20H25N3O4. The lowest BCUT2D eigenvalue weighted by molar-refractivity contribution is -0.122. The number of nitrogens with one attached hydrogen (secondary N) is 2. The molecule has 0 bridgehead atoms. The summed E-state index contributed by atoms with van der Waals surface area (Å²) >= 11 is 0. The summed E-state index contributed by atoms with van der Waals surface area (Å²) in [6.45, 7) is 9.92. The second-order valence-electron chi connectivity index (χ2n) is 6.22. The van der Waals surface area contributed by atoms with Crippen molar-refractivity contribution in [3.63, 3.8) is 0 Å². The third kappa shape index (κ3) is 6.29. The molecule has 0 spiro atoms. The predicted octanol–water partition coefficient (Wildman–Crippen LogP) is 2.68. The Morgan fingerprint density at radius 2 is 2.00 bits per heavy atom. The van der Waals surface area contributed by atoms with Crippen LogP contribution in [0.1, 0.15) is 40.7 Å². The smallest absolute Gasteiger partial charge is 0.273 e. The molecule has 0 radical (unpaired) electrons. The monoisotopic (exact) mass is 371 g/mol. The van der Waals surface area contributed by atoms with Crippen LogP contribution in [-0.2, 0) is 11.2 Å². The van der Waals surface area contributed by atoms with E-state index >= 15 is 0 Å². The van der Waals surface area contributed by atoms with Gasteiger partial charge in [-0.2, -0.15) is 0 Å². The molecule has 2 aromatic rings. The third-order valence-corrected chi connectivity index (χ3v) is 4.02. The zero-order chi connectivity index (χ0) is 19.8. The lowest BCUT2D eigenvalue weighted by Gasteiger charge is -2.11. The summed E-state index contributed by atoms with van der Waals surface area (Å²) in [5, 5.41) is 9.07. The first kappa shape index (κ1) is 20.2. The summed E-state index contributed by atoms with van der Waals surface area (Å²) < 4.78 is 10.5. The Morgan fingerprint density at radius 3 is 2.67 bits per heavy atom. The fraction of sp³-hybridized carbons (Fsp3) is 0.350. The Bertz CT molecular complexity index is 826. The lowest BCUT2D eigenvalue weighted by atomic mass is 10.1. The van der Waals surface area contributed by atoms with E-state index in [1.54, 1.807) is 6.07 Å². The average Bonchev–Trinajstić information content (AvgIpc) is 3.12. The van der Waals surface area contributed by atoms with Crippen LogP contribution in [0.4, 0.5) is 0 Å². The number of aryl methyl sites for hydroxylation is 3. The maximum atomic E-state index is 11.9. The summed E-state index contributed by atoms with van der Waals surface area (Å²) in [5.41, 5.74) is 3.01. The number of carbonyl (C=O) groups excluding carboxylic acids is 2. The summed E-state index contributed by atoms with van der Waals surface area (Å²) in [4.78, 5) is 23.8. The van der Waals surface area contributed by atoms with Crippen LogP contribution in [0, 0.1) is 13.8 Å². The van der Waals surface area contributed by atoms with Crippen LogP contribution >= 0.6 is 0 Å². The second-order valence-corrected chi connectivity index (χ2v) is 6.22. The van der Waals surface area contributed by atoms with Crippen LogP contribution < -0.4 is 15.4 Å². The number of nitrogens with zero attached hydrogens (tertiary/aromatic N) is 1. The van der Waals surface area contributed by atoms with Crippen molar-refractivity contribution < 1.29 is 18.8 Å². The number of carbonyl (C=O) groups is 2. The first-order valence-corrected chi connectivity index (χ1v) is 8.80. The van der Waals surface area contributed by atoms with Crippen LogP contribution in [0.15, 0.2) is 41.1 Å². The first-order valence-electron chi connectivity index (χ1n) is 8.80. The molecule has 0 atom stereocenters. The fourth-order valence-corrected chi connectivity index (χ4v) is 2.25. The molecule has 0 aliphatic rings. The molecular weight excluding hydrogens is 346 g/mol. The first-order chi connectivity index (χ1) is 12.9. The molecule has 0 fully saturated rings. The fourth-order valence-electron chi connectivity index (χ4n) is 2.25. The van der Waals surface area contributed by atoms with E-state index < -0.39 is 0 Å². The van der Waals surface area contributed by atoms with E-state index in [0.717, 1.165) is 5.56 Å². The third-order valence-electron chi connectivity index (χ3n) is 4.02. The van der Waals surface area contributed by atoms with Gasteiger partial charge in [-0.3, -0.25) is 9.59 Å². The van der Waals surface area contributed by atoms with Crippen LogP contribution in [0.5, 0.6) is 5.75 Å². The summed E-state index contributed by atoms with van der Waals surface area (Å²) in [5.74, 6) is 0.676. The summed E-state index contributed by atoms with van der Waals surface area (Å²) in [6, 6.07) is 7.27. The molecule has 1 aromatic heterocycles. The van der Waals surface area contributed by atoms with Crippen LogP contribution in [0.2, 0.25) is 0 Å². The van der Waals surface area contributed by atoms with Crippen molar-refractivity contribution in [2.45, 2.75) is 33.6 Å². The quantitative estimate of drug-likeness (QED) is 0.707. The van der Waals surface area contributed by atoms with Crippen molar-refractivity contribution in [2.75, 3.05) is 13.2 Å². The van der Waals surface area contributed by atoms with Crippen molar-refractivity contribution >= 4 is 11.8 Å². The number of rotatable bonds is 9. The van der Waals surface area contributed by atoms with E-state index in [1.807, 2.05) is 39.0 Å². The van der Waals surface area contributed by atoms with Gasteiger partial charge in [-0.05, 0) is 37.1 Å². The standard InChI is InChI=1S/C20H25N3O4/c1-5-16-11-18(23-27-16)20(25)21-9-8-15(4)22-19(24)12-26-17-7-6-13(2)14(3)10-17/h6-7,10-11H,4-5,8-9,12H2,1-3H3,(H,21,25)(H,22,24). The number of benzene rings is 1. The van der Waals surface area contributed by atoms with E-state index in [4.69, 9.17) is 9.26 Å². The minimum Gasteiger partial charge on any atom is -0.484 e. The zero-order valence-electron chi connectivity index (χ0n) is 15.9. The highest BCUT2D eigenvalue weighted by atomic mass is 16.5. The molecule has 0 saturated carbocycles. The molecule has 2 N–H and O–H groups in total.